The summed E-state index contributed by atoms with van der Waals surface area (Å²) in [5.74, 6) is -1.34. The van der Waals surface area contributed by atoms with E-state index in [1.807, 2.05) is 0 Å². The number of primary amides is 1. The zero-order chi connectivity index (χ0) is 25.8. The van der Waals surface area contributed by atoms with Crippen molar-refractivity contribution in [2.24, 2.45) is 5.73 Å². The Hall–Kier alpha value is -3.87. The Kier molecular flexibility index (Phi) is 7.48. The number of nitrogens with two attached hydrogens (primary N) is 1. The van der Waals surface area contributed by atoms with Crippen molar-refractivity contribution in [1.29, 1.82) is 0 Å². The van der Waals surface area contributed by atoms with Crippen LogP contribution in [-0.2, 0) is 21.0 Å². The maximum absolute atomic E-state index is 13.5. The molecule has 0 fully saturated rings. The molecule has 0 saturated heterocycles. The highest BCUT2D eigenvalue weighted by molar-refractivity contribution is 7.92. The summed E-state index contributed by atoms with van der Waals surface area (Å²) < 4.78 is 82.7. The number of hydrogen-bond acceptors (Lipinski definition) is 6. The summed E-state index contributed by atoms with van der Waals surface area (Å²) >= 11 is 0. The Balaban J connectivity index is 1.78. The number of nitrogens with one attached hydrogen (secondary N) is 1. The fourth-order valence-electron chi connectivity index (χ4n) is 2.99. The van der Waals surface area contributed by atoms with Crippen molar-refractivity contribution in [1.82, 2.24) is 4.98 Å². The Morgan fingerprint density at radius 2 is 1.83 bits per heavy atom. The Bertz CT molecular complexity index is 1280. The number of hydrogen-bond donors (Lipinski definition) is 2. The maximum Gasteiger partial charge on any atom is 0.417 e. The van der Waals surface area contributed by atoms with Gasteiger partial charge in [0.15, 0.2) is 0 Å². The lowest BCUT2D eigenvalue weighted by molar-refractivity contribution is -0.137. The van der Waals surface area contributed by atoms with Crippen LogP contribution in [0.1, 0.15) is 5.56 Å². The van der Waals surface area contributed by atoms with Gasteiger partial charge in [-0.1, -0.05) is 6.07 Å². The molecule has 0 aliphatic carbocycles. The fourth-order valence-corrected chi connectivity index (χ4v) is 3.92. The molecule has 0 unspecified atom stereocenters. The van der Waals surface area contributed by atoms with E-state index in [0.29, 0.717) is 6.20 Å². The van der Waals surface area contributed by atoms with Crippen molar-refractivity contribution < 1.29 is 35.5 Å². The third-order valence-corrected chi connectivity index (χ3v) is 5.83. The second-order valence-electron chi connectivity index (χ2n) is 7.38. The molecule has 0 bridgehead atoms. The summed E-state index contributed by atoms with van der Waals surface area (Å²) in [6.45, 7) is -0.397. The molecule has 13 heteroatoms. The van der Waals surface area contributed by atoms with E-state index in [-0.39, 0.29) is 23.0 Å². The van der Waals surface area contributed by atoms with Crippen LogP contribution < -0.4 is 20.1 Å². The lowest BCUT2D eigenvalue weighted by Gasteiger charge is -2.27. The van der Waals surface area contributed by atoms with Gasteiger partial charge in [0.05, 0.1) is 24.1 Å². The van der Waals surface area contributed by atoms with Gasteiger partial charge in [-0.15, -0.1) is 0 Å². The van der Waals surface area contributed by atoms with Gasteiger partial charge in [0.2, 0.25) is 21.8 Å². The van der Waals surface area contributed by atoms with Crippen molar-refractivity contribution in [3.8, 4) is 11.6 Å². The summed E-state index contributed by atoms with van der Waals surface area (Å²) in [6, 6.07) is 11.4. The number of ether oxygens (including phenoxy) is 1. The van der Waals surface area contributed by atoms with Gasteiger partial charge in [-0.05, 0) is 48.5 Å². The van der Waals surface area contributed by atoms with Crippen LogP contribution in [0.15, 0.2) is 66.9 Å². The standard InChI is InChI=1S/C22H20F4N4O4S/c1-35(32,33)30(13-19(21(27)31)29-16-4-2-3-15(23)11-16)17-6-8-18(9-7-17)34-20-10-5-14(12-28-20)22(24,25)26/h2-12,19,29H,13H2,1H3,(H2,27,31)/t19-/m0/s1. The molecule has 1 atom stereocenters. The summed E-state index contributed by atoms with van der Waals surface area (Å²) in [5, 5.41) is 2.72. The van der Waals surface area contributed by atoms with Gasteiger partial charge in [0.25, 0.3) is 0 Å². The van der Waals surface area contributed by atoms with Gasteiger partial charge in [-0.2, -0.15) is 13.2 Å². The van der Waals surface area contributed by atoms with Crippen LogP contribution in [0.4, 0.5) is 28.9 Å². The first-order valence-corrected chi connectivity index (χ1v) is 11.8. The number of amides is 1. The first kappa shape index (κ1) is 25.7. The van der Waals surface area contributed by atoms with E-state index < -0.39 is 46.1 Å². The predicted molar refractivity (Wildman–Crippen MR) is 121 cm³/mol. The average molecular weight is 512 g/mol. The predicted octanol–water partition coefficient (Wildman–Crippen LogP) is 3.76. The van der Waals surface area contributed by atoms with Gasteiger partial charge in [-0.25, -0.2) is 17.8 Å². The molecule has 2 aromatic carbocycles. The number of rotatable bonds is 9. The van der Waals surface area contributed by atoms with Crippen LogP contribution >= 0.6 is 0 Å². The number of benzene rings is 2. The smallest absolute Gasteiger partial charge is 0.417 e. The zero-order valence-corrected chi connectivity index (χ0v) is 19.0. The Morgan fingerprint density at radius 1 is 1.14 bits per heavy atom. The molecule has 0 radical (unpaired) electrons. The molecule has 35 heavy (non-hydrogen) atoms. The van der Waals surface area contributed by atoms with E-state index in [4.69, 9.17) is 10.5 Å². The third kappa shape index (κ3) is 7.06. The average Bonchev–Trinajstić information content (AvgIpc) is 2.76. The van der Waals surface area contributed by atoms with E-state index in [0.717, 1.165) is 28.8 Å². The fraction of sp³-hybridized carbons (Fsp3) is 0.182. The highest BCUT2D eigenvalue weighted by Crippen LogP contribution is 2.30. The molecule has 0 saturated carbocycles. The van der Waals surface area contributed by atoms with Crippen LogP contribution in [0.2, 0.25) is 0 Å². The molecule has 8 nitrogen and oxygen atoms in total. The summed E-state index contributed by atoms with van der Waals surface area (Å²) in [4.78, 5) is 15.6. The number of sulfonamides is 1. The SMILES string of the molecule is CS(=O)(=O)N(C[C@H](Nc1cccc(F)c1)C(N)=O)c1ccc(Oc2ccc(C(F)(F)F)cn2)cc1. The molecule has 0 spiro atoms. The normalized spacial score (nSPS) is 12.6. The van der Waals surface area contributed by atoms with Crippen molar-refractivity contribution in [2.75, 3.05) is 22.4 Å². The van der Waals surface area contributed by atoms with Crippen molar-refractivity contribution in [3.05, 3.63) is 78.2 Å². The van der Waals surface area contributed by atoms with Gasteiger partial charge in [-0.3, -0.25) is 9.10 Å². The molecule has 1 heterocycles. The minimum Gasteiger partial charge on any atom is -0.439 e. The first-order valence-electron chi connectivity index (χ1n) is 9.93. The molecule has 3 aromatic rings. The number of halogens is 4. The second-order valence-corrected chi connectivity index (χ2v) is 9.29. The number of aromatic nitrogens is 1. The van der Waals surface area contributed by atoms with Crippen LogP contribution in [0, 0.1) is 5.82 Å². The largest absolute Gasteiger partial charge is 0.439 e. The van der Waals surface area contributed by atoms with Gasteiger partial charge >= 0.3 is 6.18 Å². The second kappa shape index (κ2) is 10.2. The molecule has 1 amide bonds. The zero-order valence-electron chi connectivity index (χ0n) is 18.2. The monoisotopic (exact) mass is 512 g/mol. The Morgan fingerprint density at radius 3 is 2.34 bits per heavy atom. The van der Waals surface area contributed by atoms with Crippen molar-refractivity contribution in [3.63, 3.8) is 0 Å². The molecule has 3 rings (SSSR count). The lowest BCUT2D eigenvalue weighted by Crippen LogP contribution is -2.47. The summed E-state index contributed by atoms with van der Waals surface area (Å²) in [7, 11) is -3.89. The minimum atomic E-state index is -4.53. The summed E-state index contributed by atoms with van der Waals surface area (Å²) in [6.07, 6.45) is -2.97. The molecule has 186 valence electrons. The Labute approximate surface area is 198 Å². The first-order chi connectivity index (χ1) is 16.3. The van der Waals surface area contributed by atoms with E-state index in [1.165, 1.54) is 42.5 Å². The molecule has 3 N–H and O–H groups in total. The number of alkyl halides is 3. The van der Waals surface area contributed by atoms with Gasteiger partial charge in [0, 0.05) is 18.0 Å². The molecular weight excluding hydrogens is 492 g/mol. The summed E-state index contributed by atoms with van der Waals surface area (Å²) in [5.41, 5.74) is 4.89. The van der Waals surface area contributed by atoms with E-state index >= 15 is 0 Å². The van der Waals surface area contributed by atoms with Crippen LogP contribution in [0.3, 0.4) is 0 Å². The van der Waals surface area contributed by atoms with E-state index in [9.17, 15) is 30.8 Å². The third-order valence-electron chi connectivity index (χ3n) is 4.67. The highest BCUT2D eigenvalue weighted by Gasteiger charge is 2.31. The van der Waals surface area contributed by atoms with Crippen LogP contribution in [0.25, 0.3) is 0 Å². The van der Waals surface area contributed by atoms with Crippen LogP contribution in [-0.4, -0.2) is 38.2 Å². The quantitative estimate of drug-likeness (QED) is 0.422. The number of anilines is 2. The van der Waals surface area contributed by atoms with Crippen molar-refractivity contribution >= 4 is 27.3 Å². The van der Waals surface area contributed by atoms with Gasteiger partial charge < -0.3 is 15.8 Å². The molecular formula is C22H20F4N4O4S. The van der Waals surface area contributed by atoms with E-state index in [1.54, 1.807) is 0 Å². The molecule has 1 aromatic heterocycles. The van der Waals surface area contributed by atoms with Crippen LogP contribution in [0.5, 0.6) is 11.6 Å². The lowest BCUT2D eigenvalue weighted by atomic mass is 10.2. The number of pyridine rings is 1. The molecule has 0 aliphatic rings. The molecule has 0 aliphatic heterocycles. The minimum absolute atomic E-state index is 0.0983. The van der Waals surface area contributed by atoms with Crippen molar-refractivity contribution in [2.45, 2.75) is 12.2 Å². The number of carbonyl (C=O) groups is 1. The maximum atomic E-state index is 13.5. The van der Waals surface area contributed by atoms with E-state index in [2.05, 4.69) is 10.3 Å². The van der Waals surface area contributed by atoms with Gasteiger partial charge in [0.1, 0.15) is 17.6 Å². The topological polar surface area (TPSA) is 115 Å². The number of carbonyl (C=O) groups excluding carboxylic acids is 1. The number of nitrogens with zero attached hydrogens (tertiary/aromatic N) is 2. The highest BCUT2D eigenvalue weighted by atomic mass is 32.2.